The number of nitrogens with two attached hydrogens (primary N) is 1. The lowest BCUT2D eigenvalue weighted by Crippen LogP contribution is -2.41. The van der Waals surface area contributed by atoms with E-state index in [9.17, 15) is 19.5 Å². The Hall–Kier alpha value is -2.02. The number of amides is 2. The number of hydrogen-bond acceptors (Lipinski definition) is 4. The zero-order chi connectivity index (χ0) is 17.4. The molecule has 0 aromatic heterocycles. The van der Waals surface area contributed by atoms with E-state index in [0.717, 1.165) is 6.42 Å². The molecule has 0 bridgehead atoms. The molecule has 1 rings (SSSR count). The number of carboxylic acids is 1. The van der Waals surface area contributed by atoms with Gasteiger partial charge in [-0.2, -0.15) is 0 Å². The summed E-state index contributed by atoms with van der Waals surface area (Å²) in [6, 6.07) is 5.83. The second kappa shape index (κ2) is 9.19. The summed E-state index contributed by atoms with van der Waals surface area (Å²) >= 11 is 1.18. The molecule has 0 aliphatic carbocycles. The van der Waals surface area contributed by atoms with Gasteiger partial charge in [0.2, 0.25) is 5.91 Å². The third-order valence-corrected chi connectivity index (χ3v) is 4.48. The summed E-state index contributed by atoms with van der Waals surface area (Å²) in [7, 11) is 0. The zero-order valence-corrected chi connectivity index (χ0v) is 14.1. The molecular formula is C16H22N2O4S. The molecule has 0 saturated carbocycles. The number of carboxylic acid groups (broad SMARTS) is 1. The van der Waals surface area contributed by atoms with E-state index in [-0.39, 0.29) is 0 Å². The maximum Gasteiger partial charge on any atom is 0.326 e. The maximum atomic E-state index is 12.4. The third-order valence-electron chi connectivity index (χ3n) is 3.29. The lowest BCUT2D eigenvalue weighted by molar-refractivity contribution is -0.139. The molecule has 6 nitrogen and oxygen atoms in total. The number of thioether (sulfide) groups is 1. The highest BCUT2D eigenvalue weighted by Crippen LogP contribution is 2.26. The highest BCUT2D eigenvalue weighted by atomic mass is 32.2. The number of aliphatic carboxylic acids is 1. The molecule has 2 amide bonds. The fourth-order valence-electron chi connectivity index (χ4n) is 1.91. The Morgan fingerprint density at radius 1 is 1.30 bits per heavy atom. The van der Waals surface area contributed by atoms with Gasteiger partial charge in [0.1, 0.15) is 6.04 Å². The van der Waals surface area contributed by atoms with E-state index in [0.29, 0.717) is 23.3 Å². The summed E-state index contributed by atoms with van der Waals surface area (Å²) in [6.45, 7) is 3.61. The van der Waals surface area contributed by atoms with E-state index in [1.807, 2.05) is 6.92 Å². The van der Waals surface area contributed by atoms with E-state index < -0.39 is 29.1 Å². The molecule has 2 atom stereocenters. The molecule has 0 aliphatic rings. The molecule has 1 aromatic carbocycles. The van der Waals surface area contributed by atoms with Crippen LogP contribution < -0.4 is 11.1 Å². The molecular weight excluding hydrogens is 316 g/mol. The zero-order valence-electron chi connectivity index (χ0n) is 13.2. The first-order valence-electron chi connectivity index (χ1n) is 7.45. The van der Waals surface area contributed by atoms with Crippen molar-refractivity contribution in [3.63, 3.8) is 0 Å². The predicted molar refractivity (Wildman–Crippen MR) is 89.4 cm³/mol. The molecule has 126 valence electrons. The van der Waals surface area contributed by atoms with Crippen LogP contribution >= 0.6 is 11.8 Å². The third kappa shape index (κ3) is 5.94. The van der Waals surface area contributed by atoms with Gasteiger partial charge in [0.05, 0.1) is 10.8 Å². The standard InChI is InChI=1S/C16H22N2O4S/c1-3-4-8-12(16(21)22)18-15(20)11-7-5-6-9-13(11)23-10(2)14(17)19/h5-7,9-10,12H,3-4,8H2,1-2H3,(H2,17,19)(H,18,20)(H,21,22)/t10?,12-/m0/s1. The van der Waals surface area contributed by atoms with Crippen molar-refractivity contribution in [3.8, 4) is 0 Å². The largest absolute Gasteiger partial charge is 0.480 e. The Morgan fingerprint density at radius 3 is 2.52 bits per heavy atom. The van der Waals surface area contributed by atoms with E-state index in [4.69, 9.17) is 5.73 Å². The van der Waals surface area contributed by atoms with Gasteiger partial charge >= 0.3 is 5.97 Å². The number of benzene rings is 1. The lowest BCUT2D eigenvalue weighted by Gasteiger charge is -2.16. The first-order valence-corrected chi connectivity index (χ1v) is 8.33. The number of primary amides is 1. The molecule has 0 aliphatic heterocycles. The fourth-order valence-corrected chi connectivity index (χ4v) is 2.85. The molecule has 0 saturated heterocycles. The van der Waals surface area contributed by atoms with Crippen molar-refractivity contribution in [1.29, 1.82) is 0 Å². The molecule has 1 aromatic rings. The van der Waals surface area contributed by atoms with Crippen LogP contribution in [0.15, 0.2) is 29.2 Å². The normalized spacial score (nSPS) is 13.1. The first-order chi connectivity index (χ1) is 10.9. The van der Waals surface area contributed by atoms with Gasteiger partial charge in [-0.05, 0) is 25.5 Å². The number of carbonyl (C=O) groups excluding carboxylic acids is 2. The summed E-state index contributed by atoms with van der Waals surface area (Å²) < 4.78 is 0. The average molecular weight is 338 g/mol. The Morgan fingerprint density at radius 2 is 1.96 bits per heavy atom. The topological polar surface area (TPSA) is 109 Å². The summed E-state index contributed by atoms with van der Waals surface area (Å²) in [5, 5.41) is 11.3. The van der Waals surface area contributed by atoms with Crippen LogP contribution in [0.1, 0.15) is 43.5 Å². The van der Waals surface area contributed by atoms with Gasteiger partial charge in [-0.15, -0.1) is 11.8 Å². The summed E-state index contributed by atoms with van der Waals surface area (Å²) in [4.78, 5) is 35.4. The minimum atomic E-state index is -1.05. The van der Waals surface area contributed by atoms with Crippen LogP contribution in [0.2, 0.25) is 0 Å². The maximum absolute atomic E-state index is 12.4. The van der Waals surface area contributed by atoms with E-state index in [1.165, 1.54) is 11.8 Å². The number of unbranched alkanes of at least 4 members (excludes halogenated alkanes) is 1. The van der Waals surface area contributed by atoms with Crippen LogP contribution in [0.25, 0.3) is 0 Å². The monoisotopic (exact) mass is 338 g/mol. The second-order valence-corrected chi connectivity index (χ2v) is 6.55. The lowest BCUT2D eigenvalue weighted by atomic mass is 10.1. The minimum absolute atomic E-state index is 0.341. The van der Waals surface area contributed by atoms with Crippen molar-refractivity contribution in [3.05, 3.63) is 29.8 Å². The highest BCUT2D eigenvalue weighted by molar-refractivity contribution is 8.00. The molecule has 4 N–H and O–H groups in total. The molecule has 0 spiro atoms. The molecule has 0 radical (unpaired) electrons. The smallest absolute Gasteiger partial charge is 0.326 e. The van der Waals surface area contributed by atoms with Crippen molar-refractivity contribution in [2.75, 3.05) is 0 Å². The molecule has 0 heterocycles. The number of carbonyl (C=O) groups is 3. The van der Waals surface area contributed by atoms with Crippen LogP contribution in [-0.4, -0.2) is 34.2 Å². The number of nitrogens with one attached hydrogen (secondary N) is 1. The second-order valence-electron chi connectivity index (χ2n) is 5.17. The van der Waals surface area contributed by atoms with Crippen LogP contribution in [0.3, 0.4) is 0 Å². The predicted octanol–water partition coefficient (Wildman–Crippen LogP) is 2.03. The van der Waals surface area contributed by atoms with E-state index >= 15 is 0 Å². The Kier molecular flexibility index (Phi) is 7.61. The minimum Gasteiger partial charge on any atom is -0.480 e. The van der Waals surface area contributed by atoms with E-state index in [2.05, 4.69) is 5.32 Å². The van der Waals surface area contributed by atoms with Crippen molar-refractivity contribution >= 4 is 29.5 Å². The Balaban J connectivity index is 2.90. The quantitative estimate of drug-likeness (QED) is 0.597. The van der Waals surface area contributed by atoms with Crippen LogP contribution in [0.4, 0.5) is 0 Å². The molecule has 7 heteroatoms. The first kappa shape index (κ1) is 19.0. The molecule has 0 fully saturated rings. The van der Waals surface area contributed by atoms with Crippen LogP contribution in [0.5, 0.6) is 0 Å². The highest BCUT2D eigenvalue weighted by Gasteiger charge is 2.22. The summed E-state index contributed by atoms with van der Waals surface area (Å²) in [6.07, 6.45) is 1.94. The van der Waals surface area contributed by atoms with Crippen LogP contribution in [-0.2, 0) is 9.59 Å². The Labute approximate surface area is 139 Å². The van der Waals surface area contributed by atoms with Crippen LogP contribution in [0, 0.1) is 0 Å². The van der Waals surface area contributed by atoms with Gasteiger partial charge in [-0.1, -0.05) is 31.9 Å². The van der Waals surface area contributed by atoms with E-state index in [1.54, 1.807) is 31.2 Å². The van der Waals surface area contributed by atoms with Crippen molar-refractivity contribution in [1.82, 2.24) is 5.32 Å². The SMILES string of the molecule is CCCC[C@H](NC(=O)c1ccccc1SC(C)C(N)=O)C(=O)O. The molecule has 1 unspecified atom stereocenters. The van der Waals surface area contributed by atoms with Crippen molar-refractivity contribution < 1.29 is 19.5 Å². The van der Waals surface area contributed by atoms with Gasteiger partial charge in [0.25, 0.3) is 5.91 Å². The molecule has 23 heavy (non-hydrogen) atoms. The van der Waals surface area contributed by atoms with Crippen molar-refractivity contribution in [2.45, 2.75) is 49.3 Å². The average Bonchev–Trinajstić information content (AvgIpc) is 2.51. The van der Waals surface area contributed by atoms with Crippen molar-refractivity contribution in [2.24, 2.45) is 5.73 Å². The van der Waals surface area contributed by atoms with Gasteiger partial charge in [-0.25, -0.2) is 4.79 Å². The Bertz CT molecular complexity index is 577. The fraction of sp³-hybridized carbons (Fsp3) is 0.438. The van der Waals surface area contributed by atoms with Gasteiger partial charge < -0.3 is 16.2 Å². The van der Waals surface area contributed by atoms with Gasteiger partial charge in [0, 0.05) is 4.90 Å². The summed E-state index contributed by atoms with van der Waals surface area (Å²) in [5.41, 5.74) is 5.59. The summed E-state index contributed by atoms with van der Waals surface area (Å²) in [5.74, 6) is -1.99. The van der Waals surface area contributed by atoms with Gasteiger partial charge in [0.15, 0.2) is 0 Å². The van der Waals surface area contributed by atoms with Gasteiger partial charge in [-0.3, -0.25) is 9.59 Å². The number of rotatable bonds is 9. The number of hydrogen-bond donors (Lipinski definition) is 3.